The van der Waals surface area contributed by atoms with Crippen LogP contribution in [0.25, 0.3) is 11.4 Å². The lowest BCUT2D eigenvalue weighted by Crippen LogP contribution is -2.70. The van der Waals surface area contributed by atoms with Crippen molar-refractivity contribution >= 4 is 6.16 Å². The van der Waals surface area contributed by atoms with Crippen LogP contribution in [0.1, 0.15) is 106 Å². The van der Waals surface area contributed by atoms with Gasteiger partial charge in [-0.2, -0.15) is 5.10 Å². The number of nitrogens with two attached hydrogens (primary N) is 1. The van der Waals surface area contributed by atoms with E-state index in [2.05, 4.69) is 64.5 Å². The number of carboxylic acid groups (broad SMARTS) is 1. The van der Waals surface area contributed by atoms with Crippen molar-refractivity contribution in [2.24, 2.45) is 56.5 Å². The molecule has 0 unspecified atom stereocenters. The van der Waals surface area contributed by atoms with Gasteiger partial charge in [0.1, 0.15) is 12.4 Å². The highest BCUT2D eigenvalue weighted by atomic mass is 19.1. The molecule has 2 aromatic rings. The molecule has 2 aliphatic heterocycles. The molecule has 3 saturated carbocycles. The molecule has 0 aromatic carbocycles. The maximum absolute atomic E-state index is 15.4. The van der Waals surface area contributed by atoms with E-state index >= 15 is 4.39 Å². The van der Waals surface area contributed by atoms with Gasteiger partial charge in [0, 0.05) is 46.6 Å². The number of hydrogen-bond donors (Lipinski definition) is 2. The van der Waals surface area contributed by atoms with Crippen molar-refractivity contribution in [1.29, 1.82) is 0 Å². The largest absolute Gasteiger partial charge is 0.506 e. The molecular weight excluding hydrogens is 702 g/mol. The van der Waals surface area contributed by atoms with E-state index in [1.54, 1.807) is 12.3 Å². The van der Waals surface area contributed by atoms with Gasteiger partial charge in [-0.15, -0.1) is 0 Å². The van der Waals surface area contributed by atoms with Gasteiger partial charge >= 0.3 is 6.16 Å². The molecule has 2 aromatic heterocycles. The fraction of sp³-hybridized carbons (Fsp3) is 0.767. The maximum atomic E-state index is 15.4. The lowest BCUT2D eigenvalue weighted by Gasteiger charge is -2.71. The minimum atomic E-state index is -1.19. The van der Waals surface area contributed by atoms with E-state index in [0.717, 1.165) is 44.9 Å². The molecule has 11 nitrogen and oxygen atoms in total. The van der Waals surface area contributed by atoms with Crippen LogP contribution >= 0.6 is 0 Å². The van der Waals surface area contributed by atoms with Crippen molar-refractivity contribution < 1.29 is 33.2 Å². The predicted molar refractivity (Wildman–Crippen MR) is 204 cm³/mol. The molecule has 3 N–H and O–H groups in total. The first-order valence-corrected chi connectivity index (χ1v) is 20.7. The van der Waals surface area contributed by atoms with Crippen molar-refractivity contribution in [3.05, 3.63) is 42.3 Å². The maximum Gasteiger partial charge on any atom is 0.506 e. The Balaban J connectivity index is 1.24. The SMILES string of the molecule is CC(C)[C@@H](C)[C@@]1(C)CC[C@]2(C)[C@H]3CC[C@@H]4[C@@]5(COC[C@@]4(C)[C@@H](OCC4(N)CCOCC4)[C@H](n4ncnc4-c4ccncc4F)C5)C3=CC[C@]2(C)[C@@H]1OC(=O)O. The smallest absolute Gasteiger partial charge is 0.450 e. The summed E-state index contributed by atoms with van der Waals surface area (Å²) < 4.78 is 43.0. The van der Waals surface area contributed by atoms with E-state index in [1.807, 2.05) is 4.68 Å². The van der Waals surface area contributed by atoms with Gasteiger partial charge in [-0.1, -0.05) is 60.1 Å². The number of fused-ring (bicyclic) bond motifs is 3. The fourth-order valence-electron chi connectivity index (χ4n) is 13.3. The molecule has 2 bridgehead atoms. The first-order chi connectivity index (χ1) is 26.0. The number of carbonyl (C=O) groups is 1. The molecule has 6 aliphatic rings. The molecule has 2 saturated heterocycles. The monoisotopic (exact) mass is 763 g/mol. The summed E-state index contributed by atoms with van der Waals surface area (Å²) in [5, 5.41) is 15.1. The molecule has 4 aliphatic carbocycles. The Labute approximate surface area is 325 Å². The highest BCUT2D eigenvalue weighted by Crippen LogP contribution is 2.74. The molecule has 12 heteroatoms. The fourth-order valence-corrected chi connectivity index (χ4v) is 13.3. The van der Waals surface area contributed by atoms with Crippen LogP contribution in [-0.2, 0) is 18.9 Å². The predicted octanol–water partition coefficient (Wildman–Crippen LogP) is 7.86. The molecule has 8 rings (SSSR count). The number of nitrogens with zero attached hydrogens (tertiary/aromatic N) is 4. The number of allylic oxidation sites excluding steroid dienone is 1. The summed E-state index contributed by atoms with van der Waals surface area (Å²) in [6, 6.07) is 1.37. The normalized spacial score (nSPS) is 41.3. The van der Waals surface area contributed by atoms with E-state index in [-0.39, 0.29) is 46.1 Å². The third-order valence-electron chi connectivity index (χ3n) is 16.9. The first-order valence-electron chi connectivity index (χ1n) is 20.7. The van der Waals surface area contributed by atoms with Crippen LogP contribution in [0.4, 0.5) is 9.18 Å². The lowest BCUT2D eigenvalue weighted by atomic mass is 9.35. The van der Waals surface area contributed by atoms with E-state index in [9.17, 15) is 9.90 Å². The number of pyridine rings is 1. The Morgan fingerprint density at radius 2 is 1.84 bits per heavy atom. The summed E-state index contributed by atoms with van der Waals surface area (Å²) in [5.41, 5.74) is 6.58. The summed E-state index contributed by atoms with van der Waals surface area (Å²) in [7, 11) is 0. The van der Waals surface area contributed by atoms with Gasteiger partial charge in [0.15, 0.2) is 11.6 Å². The van der Waals surface area contributed by atoms with Crippen LogP contribution in [0, 0.1) is 56.6 Å². The topological polar surface area (TPSA) is 144 Å². The molecule has 0 spiro atoms. The molecule has 5 fully saturated rings. The van der Waals surface area contributed by atoms with Crippen molar-refractivity contribution in [2.45, 2.75) is 124 Å². The molecule has 0 radical (unpaired) electrons. The minimum absolute atomic E-state index is 0.211. The number of rotatable bonds is 8. The summed E-state index contributed by atoms with van der Waals surface area (Å²) >= 11 is 0. The van der Waals surface area contributed by atoms with Crippen molar-refractivity contribution in [1.82, 2.24) is 19.7 Å². The number of halogens is 1. The number of aromatic nitrogens is 4. The standard InChI is InChI=1S/C43H62FN5O6/c1-26(2)27(3)38(4)13-14-40(6)29-8-9-33-39(5)22-53-24-43(33,30(29)10-12-41(40,7)36(38)55-37(50)51)20-32(34(39)54-23-42(45)15-18-52-19-16-42)49-35(47-25-48-49)28-11-17-46-21-31(28)44/h10-11,17,21,25-27,29,32-34,36H,8-9,12-16,18-20,22-24,45H2,1-7H3,(H,50,51)/t27-,29+,32-,33+,34+,36-,38-,39-,40-,41-,43+/m1/s1. The average molecular weight is 764 g/mol. The summed E-state index contributed by atoms with van der Waals surface area (Å²) in [6.07, 6.45) is 11.5. The quantitative estimate of drug-likeness (QED) is 0.201. The number of ether oxygens (including phenoxy) is 4. The molecule has 55 heavy (non-hydrogen) atoms. The number of hydrogen-bond acceptors (Lipinski definition) is 9. The van der Waals surface area contributed by atoms with Crippen LogP contribution in [0.5, 0.6) is 0 Å². The minimum Gasteiger partial charge on any atom is -0.450 e. The second-order valence-corrected chi connectivity index (χ2v) is 19.7. The van der Waals surface area contributed by atoms with E-state index in [1.165, 1.54) is 18.1 Å². The Kier molecular flexibility index (Phi) is 9.62. The highest BCUT2D eigenvalue weighted by Gasteiger charge is 2.72. The molecule has 4 heterocycles. The van der Waals surface area contributed by atoms with E-state index in [4.69, 9.17) is 29.8 Å². The molecule has 0 amide bonds. The first kappa shape index (κ1) is 38.9. The second kappa shape index (κ2) is 13.6. The summed E-state index contributed by atoms with van der Waals surface area (Å²) in [5.74, 6) is 1.14. The molecule has 302 valence electrons. The average Bonchev–Trinajstić information content (AvgIpc) is 3.63. The van der Waals surface area contributed by atoms with Gasteiger partial charge in [-0.25, -0.2) is 18.9 Å². The second-order valence-electron chi connectivity index (χ2n) is 19.7. The van der Waals surface area contributed by atoms with Gasteiger partial charge in [-0.05, 0) is 86.5 Å². The van der Waals surface area contributed by atoms with Gasteiger partial charge in [0.05, 0.1) is 43.7 Å². The van der Waals surface area contributed by atoms with Gasteiger partial charge in [0.25, 0.3) is 0 Å². The van der Waals surface area contributed by atoms with E-state index in [0.29, 0.717) is 56.8 Å². The van der Waals surface area contributed by atoms with Crippen LogP contribution in [0.2, 0.25) is 0 Å². The van der Waals surface area contributed by atoms with Crippen LogP contribution < -0.4 is 5.73 Å². The zero-order chi connectivity index (χ0) is 39.2. The highest BCUT2D eigenvalue weighted by molar-refractivity contribution is 5.57. The van der Waals surface area contributed by atoms with Crippen molar-refractivity contribution in [2.75, 3.05) is 33.0 Å². The summed E-state index contributed by atoms with van der Waals surface area (Å²) in [4.78, 5) is 21.1. The van der Waals surface area contributed by atoms with Gasteiger partial charge < -0.3 is 29.8 Å². The van der Waals surface area contributed by atoms with Crippen molar-refractivity contribution in [3.63, 3.8) is 0 Å². The van der Waals surface area contributed by atoms with Crippen LogP contribution in [-0.4, -0.2) is 81.8 Å². The van der Waals surface area contributed by atoms with E-state index < -0.39 is 34.4 Å². The Bertz CT molecular complexity index is 1810. The van der Waals surface area contributed by atoms with Gasteiger partial charge in [-0.3, -0.25) is 4.98 Å². The third kappa shape index (κ3) is 5.76. The third-order valence-corrected chi connectivity index (χ3v) is 16.9. The van der Waals surface area contributed by atoms with Crippen molar-refractivity contribution in [3.8, 4) is 11.4 Å². The Hall–Kier alpha value is -2.93. The van der Waals surface area contributed by atoms with Crippen LogP contribution in [0.3, 0.4) is 0 Å². The Morgan fingerprint density at radius 1 is 1.07 bits per heavy atom. The van der Waals surface area contributed by atoms with Crippen LogP contribution in [0.15, 0.2) is 36.4 Å². The summed E-state index contributed by atoms with van der Waals surface area (Å²) in [6.45, 7) is 18.8. The Morgan fingerprint density at radius 3 is 2.55 bits per heavy atom. The zero-order valence-corrected chi connectivity index (χ0v) is 33.9. The molecular formula is C43H62FN5O6. The lowest BCUT2D eigenvalue weighted by molar-refractivity contribution is -0.256. The zero-order valence-electron chi connectivity index (χ0n) is 33.9. The van der Waals surface area contributed by atoms with Gasteiger partial charge in [0.2, 0.25) is 0 Å². The molecule has 11 atom stereocenters.